The molecule has 4 heteroatoms. The molecule has 1 unspecified atom stereocenters. The van der Waals surface area contributed by atoms with Crippen molar-refractivity contribution in [2.75, 3.05) is 0 Å². The van der Waals surface area contributed by atoms with E-state index in [0.717, 1.165) is 36.4 Å². The van der Waals surface area contributed by atoms with E-state index in [1.807, 2.05) is 36.4 Å². The molecule has 0 saturated carbocycles. The number of nitrogens with zero attached hydrogens (tertiary/aromatic N) is 3. The largest absolute Gasteiger partial charge is 0.440 e. The Kier molecular flexibility index (Phi) is 3.39. The van der Waals surface area contributed by atoms with Crippen LogP contribution >= 0.6 is 0 Å². The Labute approximate surface area is 134 Å². The molecule has 1 atom stereocenters. The Bertz CT molecular complexity index is 877. The van der Waals surface area contributed by atoms with Gasteiger partial charge in [-0.2, -0.15) is 5.26 Å². The first-order valence-electron chi connectivity index (χ1n) is 7.73. The van der Waals surface area contributed by atoms with E-state index < -0.39 is 0 Å². The van der Waals surface area contributed by atoms with Gasteiger partial charge in [-0.05, 0) is 48.6 Å². The third-order valence-electron chi connectivity index (χ3n) is 4.31. The standard InChI is InChI=1S/C19H15N3O/c20-12-13-4-3-5-14(10-13)15-7-8-16-18(11-15)23-19(22-16)17-6-1-2-9-21-17/h1-6,9-10,15H,7-8,11H2. The van der Waals surface area contributed by atoms with E-state index in [2.05, 4.69) is 22.1 Å². The molecule has 112 valence electrons. The highest BCUT2D eigenvalue weighted by atomic mass is 16.4. The average Bonchev–Trinajstić information content (AvgIpc) is 3.06. The Balaban J connectivity index is 1.62. The summed E-state index contributed by atoms with van der Waals surface area (Å²) in [5, 5.41) is 9.06. The monoisotopic (exact) mass is 301 g/mol. The molecule has 0 spiro atoms. The number of hydrogen-bond donors (Lipinski definition) is 0. The van der Waals surface area contributed by atoms with Gasteiger partial charge < -0.3 is 4.42 Å². The molecule has 0 N–H and O–H groups in total. The van der Waals surface area contributed by atoms with Crippen LogP contribution < -0.4 is 0 Å². The predicted molar refractivity (Wildman–Crippen MR) is 85.7 cm³/mol. The smallest absolute Gasteiger partial charge is 0.245 e. The summed E-state index contributed by atoms with van der Waals surface area (Å²) in [6, 6.07) is 15.8. The van der Waals surface area contributed by atoms with Crippen molar-refractivity contribution in [2.24, 2.45) is 0 Å². The fourth-order valence-corrected chi connectivity index (χ4v) is 3.12. The normalized spacial score (nSPS) is 16.6. The van der Waals surface area contributed by atoms with E-state index in [9.17, 15) is 0 Å². The van der Waals surface area contributed by atoms with Gasteiger partial charge in [-0.15, -0.1) is 0 Å². The maximum absolute atomic E-state index is 9.06. The third kappa shape index (κ3) is 2.62. The quantitative estimate of drug-likeness (QED) is 0.720. The van der Waals surface area contributed by atoms with E-state index in [1.54, 1.807) is 6.20 Å². The van der Waals surface area contributed by atoms with Gasteiger partial charge in [0.15, 0.2) is 0 Å². The minimum atomic E-state index is 0.375. The van der Waals surface area contributed by atoms with Crippen molar-refractivity contribution >= 4 is 0 Å². The van der Waals surface area contributed by atoms with Crippen molar-refractivity contribution < 1.29 is 4.42 Å². The lowest BCUT2D eigenvalue weighted by molar-refractivity contribution is 0.457. The molecule has 0 saturated heterocycles. The minimum absolute atomic E-state index is 0.375. The third-order valence-corrected chi connectivity index (χ3v) is 4.31. The first-order chi connectivity index (χ1) is 11.3. The number of aryl methyl sites for hydroxylation is 1. The van der Waals surface area contributed by atoms with Crippen LogP contribution in [0.4, 0.5) is 0 Å². The van der Waals surface area contributed by atoms with Crippen LogP contribution in [0.1, 0.15) is 34.9 Å². The summed E-state index contributed by atoms with van der Waals surface area (Å²) in [6.45, 7) is 0. The number of rotatable bonds is 2. The van der Waals surface area contributed by atoms with Crippen molar-refractivity contribution in [3.05, 3.63) is 71.2 Å². The first-order valence-corrected chi connectivity index (χ1v) is 7.73. The maximum atomic E-state index is 9.06. The van der Waals surface area contributed by atoms with Gasteiger partial charge in [0.2, 0.25) is 5.89 Å². The molecule has 1 aliphatic carbocycles. The summed E-state index contributed by atoms with van der Waals surface area (Å²) >= 11 is 0. The van der Waals surface area contributed by atoms with Gasteiger partial charge in [-0.3, -0.25) is 4.98 Å². The van der Waals surface area contributed by atoms with Crippen molar-refractivity contribution in [1.29, 1.82) is 5.26 Å². The molecule has 4 rings (SSSR count). The number of fused-ring (bicyclic) bond motifs is 1. The van der Waals surface area contributed by atoms with Gasteiger partial charge in [0.1, 0.15) is 11.5 Å². The maximum Gasteiger partial charge on any atom is 0.245 e. The van der Waals surface area contributed by atoms with Gasteiger partial charge in [0.05, 0.1) is 17.3 Å². The summed E-state index contributed by atoms with van der Waals surface area (Å²) in [4.78, 5) is 8.90. The fraction of sp³-hybridized carbons (Fsp3) is 0.211. The zero-order valence-corrected chi connectivity index (χ0v) is 12.6. The number of hydrogen-bond acceptors (Lipinski definition) is 4. The molecular formula is C19H15N3O. The second-order valence-electron chi connectivity index (χ2n) is 5.78. The second kappa shape index (κ2) is 5.69. The highest BCUT2D eigenvalue weighted by Gasteiger charge is 2.26. The zero-order chi connectivity index (χ0) is 15.6. The fourth-order valence-electron chi connectivity index (χ4n) is 3.12. The molecule has 23 heavy (non-hydrogen) atoms. The summed E-state index contributed by atoms with van der Waals surface area (Å²) in [5.41, 5.74) is 3.72. The Hall–Kier alpha value is -2.93. The van der Waals surface area contributed by atoms with Gasteiger partial charge in [-0.1, -0.05) is 18.2 Å². The lowest BCUT2D eigenvalue weighted by atomic mass is 9.84. The molecule has 0 radical (unpaired) electrons. The van der Waals surface area contributed by atoms with Crippen molar-refractivity contribution in [2.45, 2.75) is 25.2 Å². The summed E-state index contributed by atoms with van der Waals surface area (Å²) in [7, 11) is 0. The van der Waals surface area contributed by atoms with Crippen molar-refractivity contribution in [3.63, 3.8) is 0 Å². The molecule has 4 nitrogen and oxygen atoms in total. The average molecular weight is 301 g/mol. The SMILES string of the molecule is N#Cc1cccc(C2CCc3nc(-c4ccccn4)oc3C2)c1. The van der Waals surface area contributed by atoms with E-state index >= 15 is 0 Å². The highest BCUT2D eigenvalue weighted by molar-refractivity contribution is 5.47. The predicted octanol–water partition coefficient (Wildman–Crippen LogP) is 3.88. The van der Waals surface area contributed by atoms with E-state index in [0.29, 0.717) is 17.4 Å². The molecule has 3 aromatic rings. The molecule has 2 aromatic heterocycles. The van der Waals surface area contributed by atoms with E-state index in [4.69, 9.17) is 9.68 Å². The molecule has 1 aliphatic rings. The van der Waals surface area contributed by atoms with Crippen LogP contribution in [0.25, 0.3) is 11.6 Å². The number of nitriles is 1. The Morgan fingerprint density at radius 3 is 2.96 bits per heavy atom. The van der Waals surface area contributed by atoms with Crippen LogP contribution in [0, 0.1) is 11.3 Å². The lowest BCUT2D eigenvalue weighted by Crippen LogP contribution is -2.11. The molecule has 0 fully saturated rings. The first kappa shape index (κ1) is 13.7. The topological polar surface area (TPSA) is 62.7 Å². The number of pyridine rings is 1. The van der Waals surface area contributed by atoms with Crippen LogP contribution in [0.15, 0.2) is 53.1 Å². The van der Waals surface area contributed by atoms with Crippen LogP contribution in [-0.2, 0) is 12.8 Å². The minimum Gasteiger partial charge on any atom is -0.440 e. The van der Waals surface area contributed by atoms with E-state index in [1.165, 1.54) is 5.56 Å². The van der Waals surface area contributed by atoms with Crippen molar-refractivity contribution in [3.8, 4) is 17.7 Å². The molecular weight excluding hydrogens is 286 g/mol. The van der Waals surface area contributed by atoms with Crippen LogP contribution in [-0.4, -0.2) is 9.97 Å². The molecule has 0 amide bonds. The lowest BCUT2D eigenvalue weighted by Gasteiger charge is -2.20. The van der Waals surface area contributed by atoms with Gasteiger partial charge in [0, 0.05) is 12.6 Å². The summed E-state index contributed by atoms with van der Waals surface area (Å²) < 4.78 is 5.96. The van der Waals surface area contributed by atoms with Crippen LogP contribution in [0.2, 0.25) is 0 Å². The molecule has 0 aliphatic heterocycles. The van der Waals surface area contributed by atoms with Crippen LogP contribution in [0.3, 0.4) is 0 Å². The second-order valence-corrected chi connectivity index (χ2v) is 5.78. The molecule has 0 bridgehead atoms. The van der Waals surface area contributed by atoms with Gasteiger partial charge in [-0.25, -0.2) is 4.98 Å². The van der Waals surface area contributed by atoms with Crippen molar-refractivity contribution in [1.82, 2.24) is 9.97 Å². The Morgan fingerprint density at radius 2 is 2.13 bits per heavy atom. The molecule has 2 heterocycles. The zero-order valence-electron chi connectivity index (χ0n) is 12.6. The van der Waals surface area contributed by atoms with Gasteiger partial charge >= 0.3 is 0 Å². The summed E-state index contributed by atoms with van der Waals surface area (Å²) in [5.74, 6) is 1.92. The van der Waals surface area contributed by atoms with E-state index in [-0.39, 0.29) is 0 Å². The highest BCUT2D eigenvalue weighted by Crippen LogP contribution is 2.34. The number of aromatic nitrogens is 2. The number of oxazole rings is 1. The Morgan fingerprint density at radius 1 is 1.17 bits per heavy atom. The molecule has 1 aromatic carbocycles. The van der Waals surface area contributed by atoms with Crippen LogP contribution in [0.5, 0.6) is 0 Å². The summed E-state index contributed by atoms with van der Waals surface area (Å²) in [6.07, 6.45) is 4.49. The number of benzene rings is 1. The van der Waals surface area contributed by atoms with Gasteiger partial charge in [0.25, 0.3) is 0 Å².